The van der Waals surface area contributed by atoms with Gasteiger partial charge in [0, 0.05) is 11.8 Å². The number of aromatic amines is 1. The molecular weight excluding hydrogens is 333 g/mol. The van der Waals surface area contributed by atoms with Crippen LogP contribution in [-0.2, 0) is 6.54 Å². The Morgan fingerprint density at radius 3 is 2.69 bits per heavy atom. The Morgan fingerprint density at radius 2 is 1.96 bits per heavy atom. The van der Waals surface area contributed by atoms with Gasteiger partial charge in [0.25, 0.3) is 5.91 Å². The zero-order chi connectivity index (χ0) is 18.1. The third-order valence-electron chi connectivity index (χ3n) is 4.58. The van der Waals surface area contributed by atoms with Crippen LogP contribution in [0.1, 0.15) is 23.0 Å². The Bertz CT molecular complexity index is 923. The van der Waals surface area contributed by atoms with Gasteiger partial charge in [-0.05, 0) is 48.4 Å². The Balaban J connectivity index is 1.67. The molecule has 26 heavy (non-hydrogen) atoms. The van der Waals surface area contributed by atoms with Crippen LogP contribution in [0.25, 0.3) is 11.1 Å². The van der Waals surface area contributed by atoms with Gasteiger partial charge in [0.2, 0.25) is 0 Å². The molecule has 0 radical (unpaired) electrons. The highest BCUT2D eigenvalue weighted by molar-refractivity contribution is 5.92. The predicted molar refractivity (Wildman–Crippen MR) is 95.3 cm³/mol. The van der Waals surface area contributed by atoms with Crippen molar-refractivity contribution in [2.45, 2.75) is 19.5 Å². The average molecular weight is 351 g/mol. The van der Waals surface area contributed by atoms with E-state index in [4.69, 9.17) is 4.74 Å². The summed E-state index contributed by atoms with van der Waals surface area (Å²) in [4.78, 5) is 14.6. The van der Waals surface area contributed by atoms with E-state index in [2.05, 4.69) is 10.2 Å². The third kappa shape index (κ3) is 3.06. The molecule has 4 rings (SSSR count). The first-order valence-electron chi connectivity index (χ1n) is 8.44. The summed E-state index contributed by atoms with van der Waals surface area (Å²) >= 11 is 0. The van der Waals surface area contributed by atoms with E-state index in [0.717, 1.165) is 22.4 Å². The van der Waals surface area contributed by atoms with Crippen LogP contribution in [0.5, 0.6) is 5.75 Å². The van der Waals surface area contributed by atoms with Gasteiger partial charge < -0.3 is 9.64 Å². The number of amides is 1. The maximum Gasteiger partial charge on any atom is 0.272 e. The number of halogens is 1. The smallest absolute Gasteiger partial charge is 0.272 e. The molecule has 0 aliphatic carbocycles. The molecule has 0 saturated carbocycles. The van der Waals surface area contributed by atoms with Crippen molar-refractivity contribution in [2.24, 2.45) is 0 Å². The zero-order valence-corrected chi connectivity index (χ0v) is 14.3. The van der Waals surface area contributed by atoms with E-state index in [9.17, 15) is 9.18 Å². The molecule has 2 aromatic carbocycles. The summed E-state index contributed by atoms with van der Waals surface area (Å²) in [6.45, 7) is 2.81. The Hall–Kier alpha value is -3.15. The molecule has 1 aliphatic rings. The highest BCUT2D eigenvalue weighted by Gasteiger charge is 2.27. The number of rotatable bonds is 2. The third-order valence-corrected chi connectivity index (χ3v) is 4.58. The van der Waals surface area contributed by atoms with Crippen LogP contribution in [0, 0.1) is 5.82 Å². The van der Waals surface area contributed by atoms with E-state index in [1.54, 1.807) is 29.3 Å². The summed E-state index contributed by atoms with van der Waals surface area (Å²) in [7, 11) is 0. The first-order valence-corrected chi connectivity index (χ1v) is 8.44. The fraction of sp³-hybridized carbons (Fsp3) is 0.200. The maximum absolute atomic E-state index is 13.2. The van der Waals surface area contributed by atoms with Crippen LogP contribution in [0.3, 0.4) is 0 Å². The van der Waals surface area contributed by atoms with Crippen LogP contribution in [-0.4, -0.2) is 33.7 Å². The van der Waals surface area contributed by atoms with Crippen LogP contribution >= 0.6 is 0 Å². The van der Waals surface area contributed by atoms with E-state index < -0.39 is 0 Å². The molecular formula is C20H18FN3O2. The van der Waals surface area contributed by atoms with E-state index >= 15 is 0 Å². The van der Waals surface area contributed by atoms with Gasteiger partial charge in [-0.3, -0.25) is 9.89 Å². The fourth-order valence-corrected chi connectivity index (χ4v) is 3.11. The number of aromatic nitrogens is 2. The van der Waals surface area contributed by atoms with E-state index in [-0.39, 0.29) is 17.8 Å². The minimum atomic E-state index is -0.267. The summed E-state index contributed by atoms with van der Waals surface area (Å²) in [5, 5.41) is 6.58. The van der Waals surface area contributed by atoms with Crippen molar-refractivity contribution in [1.29, 1.82) is 0 Å². The molecule has 3 aromatic rings. The molecule has 2 heterocycles. The van der Waals surface area contributed by atoms with Crippen molar-refractivity contribution < 1.29 is 13.9 Å². The van der Waals surface area contributed by atoms with Crippen molar-refractivity contribution >= 4 is 5.91 Å². The van der Waals surface area contributed by atoms with Gasteiger partial charge in [-0.25, -0.2) is 4.39 Å². The number of H-pyrrole nitrogens is 1. The number of fused-ring (bicyclic) bond motifs is 1. The number of hydrogen-bond acceptors (Lipinski definition) is 3. The molecule has 1 aromatic heterocycles. The standard InChI is InChI=1S/C20H18FN3O2/c1-13-12-26-19-7-4-15(14-2-5-17(21)6-3-14)10-16(19)11-24(13)20(25)18-8-9-22-23-18/h2-10,13H,11-12H2,1H3,(H,22,23)/t13-/m0/s1. The van der Waals surface area contributed by atoms with E-state index in [0.29, 0.717) is 18.8 Å². The van der Waals surface area contributed by atoms with Gasteiger partial charge in [-0.1, -0.05) is 18.2 Å². The summed E-state index contributed by atoms with van der Waals surface area (Å²) in [5.41, 5.74) is 3.24. The summed E-state index contributed by atoms with van der Waals surface area (Å²) < 4.78 is 19.1. The van der Waals surface area contributed by atoms with E-state index in [1.165, 1.54) is 12.1 Å². The summed E-state index contributed by atoms with van der Waals surface area (Å²) in [6.07, 6.45) is 1.56. The average Bonchev–Trinajstić information content (AvgIpc) is 3.14. The van der Waals surface area contributed by atoms with Crippen LogP contribution in [0.4, 0.5) is 4.39 Å². The normalized spacial score (nSPS) is 16.5. The number of ether oxygens (including phenoxy) is 1. The molecule has 1 amide bonds. The largest absolute Gasteiger partial charge is 0.491 e. The van der Waals surface area contributed by atoms with Gasteiger partial charge in [-0.2, -0.15) is 5.10 Å². The number of nitrogens with one attached hydrogen (secondary N) is 1. The zero-order valence-electron chi connectivity index (χ0n) is 14.3. The Kier molecular flexibility index (Phi) is 4.16. The van der Waals surface area contributed by atoms with Crippen molar-refractivity contribution in [3.05, 3.63) is 71.8 Å². The van der Waals surface area contributed by atoms with Crippen molar-refractivity contribution in [2.75, 3.05) is 6.61 Å². The van der Waals surface area contributed by atoms with Crippen LogP contribution in [0.15, 0.2) is 54.7 Å². The molecule has 6 heteroatoms. The Morgan fingerprint density at radius 1 is 1.19 bits per heavy atom. The minimum absolute atomic E-state index is 0.0764. The van der Waals surface area contributed by atoms with Crippen LogP contribution < -0.4 is 4.74 Å². The predicted octanol–water partition coefficient (Wildman–Crippen LogP) is 3.64. The lowest BCUT2D eigenvalue weighted by Crippen LogP contribution is -2.40. The molecule has 5 nitrogen and oxygen atoms in total. The number of carbonyl (C=O) groups excluding carboxylic acids is 1. The monoisotopic (exact) mass is 351 g/mol. The first kappa shape index (κ1) is 16.3. The quantitative estimate of drug-likeness (QED) is 0.767. The van der Waals surface area contributed by atoms with Gasteiger partial charge in [-0.15, -0.1) is 0 Å². The molecule has 1 N–H and O–H groups in total. The first-order chi connectivity index (χ1) is 12.6. The van der Waals surface area contributed by atoms with Crippen LogP contribution in [0.2, 0.25) is 0 Å². The summed E-state index contributed by atoms with van der Waals surface area (Å²) in [6, 6.07) is 13.8. The second kappa shape index (κ2) is 6.63. The topological polar surface area (TPSA) is 58.2 Å². The van der Waals surface area contributed by atoms with Gasteiger partial charge >= 0.3 is 0 Å². The lowest BCUT2D eigenvalue weighted by Gasteiger charge is -2.25. The highest BCUT2D eigenvalue weighted by atomic mass is 19.1. The maximum atomic E-state index is 13.2. The molecule has 132 valence electrons. The molecule has 0 spiro atoms. The van der Waals surface area contributed by atoms with Gasteiger partial charge in [0.1, 0.15) is 23.9 Å². The highest BCUT2D eigenvalue weighted by Crippen LogP contribution is 2.31. The van der Waals surface area contributed by atoms with Gasteiger partial charge in [0.05, 0.1) is 12.6 Å². The van der Waals surface area contributed by atoms with E-state index in [1.807, 2.05) is 25.1 Å². The fourth-order valence-electron chi connectivity index (χ4n) is 3.11. The summed E-state index contributed by atoms with van der Waals surface area (Å²) in [5.74, 6) is 0.387. The molecule has 1 aliphatic heterocycles. The Labute approximate surface area is 150 Å². The molecule has 0 bridgehead atoms. The molecule has 0 fully saturated rings. The van der Waals surface area contributed by atoms with Crippen molar-refractivity contribution in [3.63, 3.8) is 0 Å². The van der Waals surface area contributed by atoms with Crippen molar-refractivity contribution in [1.82, 2.24) is 15.1 Å². The SMILES string of the molecule is C[C@H]1COc2ccc(-c3ccc(F)cc3)cc2CN1C(=O)c1ccn[nH]1. The second-order valence-electron chi connectivity index (χ2n) is 6.39. The molecule has 1 atom stereocenters. The number of hydrogen-bond donors (Lipinski definition) is 1. The number of nitrogens with zero attached hydrogens (tertiary/aromatic N) is 2. The number of carbonyl (C=O) groups is 1. The number of benzene rings is 2. The molecule has 0 saturated heterocycles. The van der Waals surface area contributed by atoms with Crippen molar-refractivity contribution in [3.8, 4) is 16.9 Å². The lowest BCUT2D eigenvalue weighted by atomic mass is 10.0. The van der Waals surface area contributed by atoms with Gasteiger partial charge in [0.15, 0.2) is 0 Å². The second-order valence-corrected chi connectivity index (χ2v) is 6.39. The molecule has 0 unspecified atom stereocenters. The lowest BCUT2D eigenvalue weighted by molar-refractivity contribution is 0.0639. The minimum Gasteiger partial charge on any atom is -0.491 e.